The van der Waals surface area contributed by atoms with E-state index in [1.54, 1.807) is 6.92 Å². The molecule has 0 atom stereocenters. The predicted octanol–water partition coefficient (Wildman–Crippen LogP) is 2.72. The fourth-order valence-electron chi connectivity index (χ4n) is 2.03. The van der Waals surface area contributed by atoms with Crippen molar-refractivity contribution in [2.45, 2.75) is 13.5 Å². The molecule has 1 heterocycles. The number of rotatable bonds is 5. The molecule has 1 aromatic carbocycles. The van der Waals surface area contributed by atoms with Gasteiger partial charge in [0.2, 0.25) is 0 Å². The SMILES string of the molecule is CCN(Cc1c(F)cccc1F)C(=O)c1ccc(C(=O)O)nc1. The number of carbonyl (C=O) groups is 2. The lowest BCUT2D eigenvalue weighted by molar-refractivity contribution is 0.0686. The molecule has 1 amide bonds. The molecule has 0 aliphatic rings. The molecule has 0 aliphatic heterocycles. The minimum Gasteiger partial charge on any atom is -0.477 e. The van der Waals surface area contributed by atoms with Crippen LogP contribution in [0.5, 0.6) is 0 Å². The molecular weight excluding hydrogens is 306 g/mol. The number of carboxylic acids is 1. The molecule has 0 bridgehead atoms. The quantitative estimate of drug-likeness (QED) is 0.919. The largest absolute Gasteiger partial charge is 0.477 e. The van der Waals surface area contributed by atoms with Gasteiger partial charge in [-0.05, 0) is 31.2 Å². The van der Waals surface area contributed by atoms with Gasteiger partial charge >= 0.3 is 5.97 Å². The van der Waals surface area contributed by atoms with Crippen LogP contribution >= 0.6 is 0 Å². The molecule has 120 valence electrons. The van der Waals surface area contributed by atoms with Gasteiger partial charge in [0.15, 0.2) is 0 Å². The smallest absolute Gasteiger partial charge is 0.354 e. The third-order valence-electron chi connectivity index (χ3n) is 3.31. The van der Waals surface area contributed by atoms with Gasteiger partial charge in [0.25, 0.3) is 5.91 Å². The second-order valence-corrected chi connectivity index (χ2v) is 4.76. The lowest BCUT2D eigenvalue weighted by Crippen LogP contribution is -2.31. The van der Waals surface area contributed by atoms with Crippen LogP contribution < -0.4 is 0 Å². The van der Waals surface area contributed by atoms with Gasteiger partial charge in [-0.25, -0.2) is 18.6 Å². The van der Waals surface area contributed by atoms with Crippen LogP contribution in [0, 0.1) is 11.6 Å². The van der Waals surface area contributed by atoms with E-state index < -0.39 is 23.5 Å². The molecule has 0 radical (unpaired) electrons. The van der Waals surface area contributed by atoms with Crippen molar-refractivity contribution in [1.29, 1.82) is 0 Å². The van der Waals surface area contributed by atoms with Crippen LogP contribution in [0.15, 0.2) is 36.5 Å². The summed E-state index contributed by atoms with van der Waals surface area (Å²) in [4.78, 5) is 28.0. The highest BCUT2D eigenvalue weighted by Gasteiger charge is 2.19. The van der Waals surface area contributed by atoms with Gasteiger partial charge in [-0.15, -0.1) is 0 Å². The van der Waals surface area contributed by atoms with Gasteiger partial charge in [0, 0.05) is 18.3 Å². The summed E-state index contributed by atoms with van der Waals surface area (Å²) in [6.45, 7) is 1.68. The second kappa shape index (κ2) is 6.95. The number of pyridine rings is 1. The fraction of sp³-hybridized carbons (Fsp3) is 0.188. The maximum Gasteiger partial charge on any atom is 0.354 e. The number of hydrogen-bond acceptors (Lipinski definition) is 3. The molecule has 1 aromatic heterocycles. The summed E-state index contributed by atoms with van der Waals surface area (Å²) < 4.78 is 27.4. The minimum absolute atomic E-state index is 0.147. The fourth-order valence-corrected chi connectivity index (χ4v) is 2.03. The van der Waals surface area contributed by atoms with Gasteiger partial charge in [0.1, 0.15) is 17.3 Å². The number of aromatic nitrogens is 1. The Morgan fingerprint density at radius 2 is 1.83 bits per heavy atom. The van der Waals surface area contributed by atoms with E-state index in [1.165, 1.54) is 23.1 Å². The molecule has 0 saturated heterocycles. The number of carboxylic acid groups (broad SMARTS) is 1. The Morgan fingerprint density at radius 3 is 2.30 bits per heavy atom. The molecule has 7 heteroatoms. The lowest BCUT2D eigenvalue weighted by Gasteiger charge is -2.21. The summed E-state index contributed by atoms with van der Waals surface area (Å²) >= 11 is 0. The summed E-state index contributed by atoms with van der Waals surface area (Å²) in [7, 11) is 0. The number of nitrogens with zero attached hydrogens (tertiary/aromatic N) is 2. The predicted molar refractivity (Wildman–Crippen MR) is 78.0 cm³/mol. The third-order valence-corrected chi connectivity index (χ3v) is 3.31. The molecule has 0 fully saturated rings. The van der Waals surface area contributed by atoms with Crippen molar-refractivity contribution in [3.8, 4) is 0 Å². The number of carbonyl (C=O) groups excluding carboxylic acids is 1. The summed E-state index contributed by atoms with van der Waals surface area (Å²) in [6.07, 6.45) is 1.13. The molecule has 0 saturated carbocycles. The van der Waals surface area contributed by atoms with Crippen molar-refractivity contribution in [2.24, 2.45) is 0 Å². The zero-order chi connectivity index (χ0) is 17.0. The molecule has 5 nitrogen and oxygen atoms in total. The van der Waals surface area contributed by atoms with Crippen LogP contribution in [0.4, 0.5) is 8.78 Å². The van der Waals surface area contributed by atoms with E-state index in [0.29, 0.717) is 0 Å². The van der Waals surface area contributed by atoms with Gasteiger partial charge in [0.05, 0.1) is 12.1 Å². The van der Waals surface area contributed by atoms with Crippen molar-refractivity contribution < 1.29 is 23.5 Å². The first kappa shape index (κ1) is 16.5. The average Bonchev–Trinajstić information content (AvgIpc) is 2.54. The van der Waals surface area contributed by atoms with Gasteiger partial charge in [-0.2, -0.15) is 0 Å². The van der Waals surface area contributed by atoms with E-state index in [0.717, 1.165) is 18.3 Å². The number of aromatic carboxylic acids is 1. The normalized spacial score (nSPS) is 10.4. The van der Waals surface area contributed by atoms with Crippen LogP contribution in [0.25, 0.3) is 0 Å². The zero-order valence-corrected chi connectivity index (χ0v) is 12.3. The van der Waals surface area contributed by atoms with Crippen molar-refractivity contribution in [3.05, 3.63) is 65.0 Å². The molecule has 1 N–H and O–H groups in total. The number of amides is 1. The average molecular weight is 320 g/mol. The Morgan fingerprint density at radius 1 is 1.17 bits per heavy atom. The Bertz CT molecular complexity index is 712. The number of hydrogen-bond donors (Lipinski definition) is 1. The molecule has 0 unspecified atom stereocenters. The molecule has 0 aliphatic carbocycles. The van der Waals surface area contributed by atoms with Crippen LogP contribution in [0.1, 0.15) is 33.3 Å². The molecule has 0 spiro atoms. The van der Waals surface area contributed by atoms with E-state index in [4.69, 9.17) is 5.11 Å². The van der Waals surface area contributed by atoms with E-state index >= 15 is 0 Å². The maximum atomic E-state index is 13.7. The van der Waals surface area contributed by atoms with Crippen LogP contribution in [0.2, 0.25) is 0 Å². The monoisotopic (exact) mass is 320 g/mol. The molecular formula is C16H14F2N2O3. The summed E-state index contributed by atoms with van der Waals surface area (Å²) in [6, 6.07) is 6.02. The molecule has 2 rings (SSSR count). The van der Waals surface area contributed by atoms with E-state index in [9.17, 15) is 18.4 Å². The summed E-state index contributed by atoms with van der Waals surface area (Å²) in [5.41, 5.74) is -0.240. The highest BCUT2D eigenvalue weighted by Crippen LogP contribution is 2.16. The molecule has 2 aromatic rings. The topological polar surface area (TPSA) is 70.5 Å². The van der Waals surface area contributed by atoms with Crippen molar-refractivity contribution in [2.75, 3.05) is 6.54 Å². The first-order valence-corrected chi connectivity index (χ1v) is 6.85. The second-order valence-electron chi connectivity index (χ2n) is 4.76. The van der Waals surface area contributed by atoms with Crippen LogP contribution in [-0.4, -0.2) is 33.4 Å². The van der Waals surface area contributed by atoms with Crippen molar-refractivity contribution in [3.63, 3.8) is 0 Å². The maximum absolute atomic E-state index is 13.7. The minimum atomic E-state index is -1.20. The van der Waals surface area contributed by atoms with E-state index in [2.05, 4.69) is 4.98 Å². The number of benzene rings is 1. The standard InChI is InChI=1S/C16H14F2N2O3/c1-2-20(9-11-12(17)4-3-5-13(11)18)15(21)10-6-7-14(16(22)23)19-8-10/h3-8H,2,9H2,1H3,(H,22,23). The summed E-state index contributed by atoms with van der Waals surface area (Å²) in [5.74, 6) is -3.14. The highest BCUT2D eigenvalue weighted by atomic mass is 19.1. The van der Waals surface area contributed by atoms with E-state index in [1.807, 2.05) is 0 Å². The van der Waals surface area contributed by atoms with Gasteiger partial charge < -0.3 is 10.0 Å². The lowest BCUT2D eigenvalue weighted by atomic mass is 10.1. The van der Waals surface area contributed by atoms with Gasteiger partial charge in [-0.1, -0.05) is 6.07 Å². The Labute approximate surface area is 131 Å². The van der Waals surface area contributed by atoms with Crippen LogP contribution in [0.3, 0.4) is 0 Å². The third kappa shape index (κ3) is 3.68. The van der Waals surface area contributed by atoms with Crippen molar-refractivity contribution >= 4 is 11.9 Å². The van der Waals surface area contributed by atoms with Crippen molar-refractivity contribution in [1.82, 2.24) is 9.88 Å². The Balaban J connectivity index is 2.23. The molecule has 23 heavy (non-hydrogen) atoms. The number of halogens is 2. The Kier molecular flexibility index (Phi) is 5.00. The highest BCUT2D eigenvalue weighted by molar-refractivity contribution is 5.94. The van der Waals surface area contributed by atoms with Crippen LogP contribution in [-0.2, 0) is 6.54 Å². The summed E-state index contributed by atoms with van der Waals surface area (Å²) in [5, 5.41) is 8.78. The first-order valence-electron chi connectivity index (χ1n) is 6.85. The zero-order valence-electron chi connectivity index (χ0n) is 12.3. The Hall–Kier alpha value is -2.83. The van der Waals surface area contributed by atoms with E-state index in [-0.39, 0.29) is 29.9 Å². The van der Waals surface area contributed by atoms with Gasteiger partial charge in [-0.3, -0.25) is 4.79 Å². The first-order chi connectivity index (χ1) is 10.9.